The van der Waals surface area contributed by atoms with E-state index in [4.69, 9.17) is 0 Å². The summed E-state index contributed by atoms with van der Waals surface area (Å²) in [6.07, 6.45) is -1.67. The highest BCUT2D eigenvalue weighted by molar-refractivity contribution is 5.62. The van der Waals surface area contributed by atoms with E-state index in [1.165, 1.54) is 18.5 Å². The SMILES string of the molecule is Cc1ccc(-c2ncccc2C(F)(F)F)cn1. The topological polar surface area (TPSA) is 25.8 Å². The van der Waals surface area contributed by atoms with Crippen molar-refractivity contribution in [2.45, 2.75) is 13.1 Å². The van der Waals surface area contributed by atoms with Crippen LogP contribution in [0.4, 0.5) is 13.2 Å². The van der Waals surface area contributed by atoms with Gasteiger partial charge in [-0.2, -0.15) is 13.2 Å². The molecule has 0 spiro atoms. The highest BCUT2D eigenvalue weighted by Gasteiger charge is 2.34. The molecule has 0 N–H and O–H groups in total. The van der Waals surface area contributed by atoms with Crippen molar-refractivity contribution < 1.29 is 13.2 Å². The molecule has 0 aromatic carbocycles. The van der Waals surface area contributed by atoms with Gasteiger partial charge >= 0.3 is 6.18 Å². The molecule has 0 saturated heterocycles. The smallest absolute Gasteiger partial charge is 0.261 e. The summed E-state index contributed by atoms with van der Waals surface area (Å²) in [5.74, 6) is 0. The van der Waals surface area contributed by atoms with Gasteiger partial charge in [-0.25, -0.2) is 0 Å². The molecule has 0 saturated carbocycles. The van der Waals surface area contributed by atoms with Gasteiger partial charge < -0.3 is 0 Å². The van der Waals surface area contributed by atoms with Crippen LogP contribution in [0.1, 0.15) is 11.3 Å². The average molecular weight is 238 g/mol. The lowest BCUT2D eigenvalue weighted by Gasteiger charge is -2.11. The summed E-state index contributed by atoms with van der Waals surface area (Å²) >= 11 is 0. The normalized spacial score (nSPS) is 11.5. The van der Waals surface area contributed by atoms with Gasteiger partial charge in [0.2, 0.25) is 0 Å². The quantitative estimate of drug-likeness (QED) is 0.760. The zero-order chi connectivity index (χ0) is 12.5. The molecular formula is C12H9F3N2. The molecule has 0 aliphatic carbocycles. The molecule has 0 aliphatic heterocycles. The molecule has 0 unspecified atom stereocenters. The van der Waals surface area contributed by atoms with E-state index >= 15 is 0 Å². The average Bonchev–Trinajstić information content (AvgIpc) is 2.29. The van der Waals surface area contributed by atoms with Gasteiger partial charge in [-0.1, -0.05) is 0 Å². The van der Waals surface area contributed by atoms with Crippen LogP contribution in [0.2, 0.25) is 0 Å². The van der Waals surface area contributed by atoms with E-state index in [-0.39, 0.29) is 5.69 Å². The number of alkyl halides is 3. The molecule has 2 rings (SSSR count). The highest BCUT2D eigenvalue weighted by atomic mass is 19.4. The van der Waals surface area contributed by atoms with Crippen molar-refractivity contribution in [3.05, 3.63) is 47.9 Å². The summed E-state index contributed by atoms with van der Waals surface area (Å²) in [7, 11) is 0. The third kappa shape index (κ3) is 2.43. The molecule has 0 aliphatic rings. The van der Waals surface area contributed by atoms with E-state index in [0.717, 1.165) is 11.8 Å². The molecule has 0 atom stereocenters. The molecule has 2 aromatic rings. The zero-order valence-electron chi connectivity index (χ0n) is 8.99. The van der Waals surface area contributed by atoms with Gasteiger partial charge in [0.25, 0.3) is 0 Å². The Bertz CT molecular complexity index is 518. The Morgan fingerprint density at radius 1 is 1.06 bits per heavy atom. The summed E-state index contributed by atoms with van der Waals surface area (Å²) in [5.41, 5.74) is 0.278. The molecule has 2 heterocycles. The van der Waals surface area contributed by atoms with Gasteiger partial charge in [-0.3, -0.25) is 9.97 Å². The Morgan fingerprint density at radius 2 is 1.82 bits per heavy atom. The minimum Gasteiger partial charge on any atom is -0.261 e. The number of hydrogen-bond acceptors (Lipinski definition) is 2. The molecule has 0 fully saturated rings. The third-order valence-corrected chi connectivity index (χ3v) is 2.30. The lowest BCUT2D eigenvalue weighted by atomic mass is 10.1. The molecule has 2 aromatic heterocycles. The first-order valence-corrected chi connectivity index (χ1v) is 4.94. The minimum atomic E-state index is -4.41. The summed E-state index contributed by atoms with van der Waals surface area (Å²) in [4.78, 5) is 7.76. The Morgan fingerprint density at radius 3 is 2.41 bits per heavy atom. The van der Waals surface area contributed by atoms with Gasteiger partial charge in [-0.05, 0) is 31.2 Å². The van der Waals surface area contributed by atoms with E-state index in [2.05, 4.69) is 9.97 Å². The fraction of sp³-hybridized carbons (Fsp3) is 0.167. The van der Waals surface area contributed by atoms with Gasteiger partial charge in [0.05, 0.1) is 11.3 Å². The number of halogens is 3. The fourth-order valence-corrected chi connectivity index (χ4v) is 1.47. The van der Waals surface area contributed by atoms with E-state index in [9.17, 15) is 13.2 Å². The van der Waals surface area contributed by atoms with Crippen LogP contribution in [0, 0.1) is 6.92 Å². The van der Waals surface area contributed by atoms with Crippen LogP contribution in [0.3, 0.4) is 0 Å². The van der Waals surface area contributed by atoms with Crippen molar-refractivity contribution in [2.75, 3.05) is 0 Å². The Kier molecular flexibility index (Phi) is 2.83. The van der Waals surface area contributed by atoms with Crippen molar-refractivity contribution in [2.24, 2.45) is 0 Å². The highest BCUT2D eigenvalue weighted by Crippen LogP contribution is 2.35. The standard InChI is InChI=1S/C12H9F3N2/c1-8-4-5-9(7-17-8)11-10(12(13,14)15)3-2-6-16-11/h2-7H,1H3. The monoisotopic (exact) mass is 238 g/mol. The molecule has 0 radical (unpaired) electrons. The van der Waals surface area contributed by atoms with Crippen LogP contribution in [-0.2, 0) is 6.18 Å². The molecule has 5 heteroatoms. The first kappa shape index (κ1) is 11.6. The lowest BCUT2D eigenvalue weighted by molar-refractivity contribution is -0.137. The number of nitrogens with zero attached hydrogens (tertiary/aromatic N) is 2. The van der Waals surface area contributed by atoms with Crippen LogP contribution in [0.25, 0.3) is 11.3 Å². The Hall–Kier alpha value is -1.91. The van der Waals surface area contributed by atoms with E-state index < -0.39 is 11.7 Å². The van der Waals surface area contributed by atoms with E-state index in [1.54, 1.807) is 19.1 Å². The van der Waals surface area contributed by atoms with Crippen LogP contribution in [0.15, 0.2) is 36.7 Å². The maximum absolute atomic E-state index is 12.8. The lowest BCUT2D eigenvalue weighted by Crippen LogP contribution is -2.08. The molecule has 0 amide bonds. The first-order valence-electron chi connectivity index (χ1n) is 4.94. The van der Waals surface area contributed by atoms with Gasteiger partial charge in [0.15, 0.2) is 0 Å². The molecule has 0 bridgehead atoms. The van der Waals surface area contributed by atoms with Crippen molar-refractivity contribution in [1.82, 2.24) is 9.97 Å². The van der Waals surface area contributed by atoms with Crippen molar-refractivity contribution in [3.63, 3.8) is 0 Å². The summed E-state index contributed by atoms with van der Waals surface area (Å²) < 4.78 is 38.3. The summed E-state index contributed by atoms with van der Waals surface area (Å²) in [5, 5.41) is 0. The van der Waals surface area contributed by atoms with Gasteiger partial charge in [-0.15, -0.1) is 0 Å². The van der Waals surface area contributed by atoms with Gasteiger partial charge in [0, 0.05) is 23.7 Å². The Balaban J connectivity index is 2.56. The van der Waals surface area contributed by atoms with Crippen LogP contribution >= 0.6 is 0 Å². The van der Waals surface area contributed by atoms with Gasteiger partial charge in [0.1, 0.15) is 0 Å². The second kappa shape index (κ2) is 4.16. The first-order chi connectivity index (χ1) is 7.98. The predicted molar refractivity (Wildman–Crippen MR) is 57.2 cm³/mol. The summed E-state index contributed by atoms with van der Waals surface area (Å²) in [6, 6.07) is 5.53. The predicted octanol–water partition coefficient (Wildman–Crippen LogP) is 3.47. The van der Waals surface area contributed by atoms with Crippen LogP contribution < -0.4 is 0 Å². The Labute approximate surface area is 96.2 Å². The second-order valence-corrected chi connectivity index (χ2v) is 3.59. The van der Waals surface area contributed by atoms with Crippen molar-refractivity contribution in [3.8, 4) is 11.3 Å². The number of aromatic nitrogens is 2. The minimum absolute atomic E-state index is 0.0903. The zero-order valence-corrected chi connectivity index (χ0v) is 8.99. The van der Waals surface area contributed by atoms with E-state index in [0.29, 0.717) is 5.56 Å². The number of aryl methyl sites for hydroxylation is 1. The molecular weight excluding hydrogens is 229 g/mol. The molecule has 17 heavy (non-hydrogen) atoms. The number of rotatable bonds is 1. The maximum atomic E-state index is 12.8. The maximum Gasteiger partial charge on any atom is 0.418 e. The number of hydrogen-bond donors (Lipinski definition) is 0. The van der Waals surface area contributed by atoms with E-state index in [1.807, 2.05) is 0 Å². The molecule has 2 nitrogen and oxygen atoms in total. The van der Waals surface area contributed by atoms with Crippen LogP contribution in [0.5, 0.6) is 0 Å². The number of pyridine rings is 2. The fourth-order valence-electron chi connectivity index (χ4n) is 1.47. The van der Waals surface area contributed by atoms with Crippen LogP contribution in [-0.4, -0.2) is 9.97 Å². The second-order valence-electron chi connectivity index (χ2n) is 3.59. The summed E-state index contributed by atoms with van der Waals surface area (Å²) in [6.45, 7) is 1.77. The van der Waals surface area contributed by atoms with Crippen molar-refractivity contribution in [1.29, 1.82) is 0 Å². The largest absolute Gasteiger partial charge is 0.418 e. The van der Waals surface area contributed by atoms with Crippen molar-refractivity contribution >= 4 is 0 Å². The molecule has 88 valence electrons. The third-order valence-electron chi connectivity index (χ3n) is 2.30.